The molecule has 0 aliphatic rings. The molecule has 0 radical (unpaired) electrons. The number of likely N-dealkylation sites (N-methyl/N-ethyl adjacent to an activating group) is 1. The van der Waals surface area contributed by atoms with Crippen LogP contribution >= 0.6 is 7.82 Å². The third-order valence-corrected chi connectivity index (χ3v) is 7.38. The van der Waals surface area contributed by atoms with Crippen molar-refractivity contribution in [3.05, 3.63) is 0 Å². The van der Waals surface area contributed by atoms with E-state index in [2.05, 4.69) is 6.92 Å². The summed E-state index contributed by atoms with van der Waals surface area (Å²) in [5.74, 6) is -0.449. The van der Waals surface area contributed by atoms with Gasteiger partial charge in [-0.15, -0.1) is 0 Å². The van der Waals surface area contributed by atoms with E-state index in [4.69, 9.17) is 13.8 Å². The maximum Gasteiger partial charge on any atom is 0.306 e. The smallest absolute Gasteiger partial charge is 0.306 e. The molecular formula is C28H58NO7P. The van der Waals surface area contributed by atoms with E-state index in [1.807, 2.05) is 21.1 Å². The second kappa shape index (κ2) is 23.4. The molecule has 2 unspecified atom stereocenters. The van der Waals surface area contributed by atoms with Crippen molar-refractivity contribution in [2.24, 2.45) is 0 Å². The van der Waals surface area contributed by atoms with Crippen molar-refractivity contribution in [2.75, 3.05) is 47.5 Å². The fourth-order valence-corrected chi connectivity index (χ4v) is 4.73. The van der Waals surface area contributed by atoms with Gasteiger partial charge in [0, 0.05) is 6.42 Å². The number of hydrogen-bond acceptors (Lipinski definition) is 7. The number of esters is 1. The molecular weight excluding hydrogens is 493 g/mol. The van der Waals surface area contributed by atoms with Crippen LogP contribution in [-0.2, 0) is 23.1 Å². The Bertz CT molecular complexity index is 583. The Balaban J connectivity index is 3.62. The first kappa shape index (κ1) is 36.5. The molecule has 0 aromatic heterocycles. The molecule has 0 spiro atoms. The number of nitrogens with zero attached hydrogens (tertiary/aromatic N) is 1. The summed E-state index contributed by atoms with van der Waals surface area (Å²) in [5.41, 5.74) is 0. The lowest BCUT2D eigenvalue weighted by Gasteiger charge is -2.28. The van der Waals surface area contributed by atoms with Gasteiger partial charge < -0.3 is 28.3 Å². The molecule has 222 valence electrons. The second-order valence-electron chi connectivity index (χ2n) is 11.3. The molecule has 0 aliphatic carbocycles. The molecule has 0 bridgehead atoms. The quantitative estimate of drug-likeness (QED) is 0.0566. The number of phosphoric acid groups is 1. The van der Waals surface area contributed by atoms with Crippen LogP contribution in [0.4, 0.5) is 0 Å². The number of unbranched alkanes of at least 4 members (excludes halogenated alkanes) is 16. The van der Waals surface area contributed by atoms with Crippen molar-refractivity contribution in [2.45, 2.75) is 129 Å². The second-order valence-corrected chi connectivity index (χ2v) is 12.7. The Kier molecular flexibility index (Phi) is 23.1. The van der Waals surface area contributed by atoms with E-state index in [1.54, 1.807) is 0 Å². The van der Waals surface area contributed by atoms with Crippen LogP contribution in [0.5, 0.6) is 0 Å². The topological polar surface area (TPSA) is 105 Å². The predicted octanol–water partition coefficient (Wildman–Crippen LogP) is 6.14. The van der Waals surface area contributed by atoms with Gasteiger partial charge in [0.1, 0.15) is 19.3 Å². The zero-order valence-electron chi connectivity index (χ0n) is 24.4. The third kappa shape index (κ3) is 26.9. The van der Waals surface area contributed by atoms with E-state index in [0.29, 0.717) is 11.0 Å². The van der Waals surface area contributed by atoms with Gasteiger partial charge >= 0.3 is 5.97 Å². The van der Waals surface area contributed by atoms with Crippen LogP contribution in [0.2, 0.25) is 0 Å². The lowest BCUT2D eigenvalue weighted by Crippen LogP contribution is -2.37. The normalized spacial score (nSPS) is 14.4. The van der Waals surface area contributed by atoms with E-state index >= 15 is 0 Å². The number of aliphatic hydroxyl groups is 1. The van der Waals surface area contributed by atoms with Crippen LogP contribution in [0.3, 0.4) is 0 Å². The fourth-order valence-electron chi connectivity index (χ4n) is 4.00. The molecule has 9 heteroatoms. The van der Waals surface area contributed by atoms with Crippen LogP contribution in [-0.4, -0.2) is 69.2 Å². The number of carbonyl (C=O) groups is 1. The summed E-state index contributed by atoms with van der Waals surface area (Å²) in [6.45, 7) is 1.79. The number of carbonyl (C=O) groups excluding carboxylic acids is 1. The molecule has 0 saturated heterocycles. The Labute approximate surface area is 227 Å². The Hall–Kier alpha value is -0.500. The first-order chi connectivity index (χ1) is 17.6. The largest absolute Gasteiger partial charge is 0.756 e. The van der Waals surface area contributed by atoms with Crippen LogP contribution in [0, 0.1) is 0 Å². The van der Waals surface area contributed by atoms with Crippen molar-refractivity contribution in [1.29, 1.82) is 0 Å². The Morgan fingerprint density at radius 2 is 1.22 bits per heavy atom. The van der Waals surface area contributed by atoms with Crippen LogP contribution in [0.15, 0.2) is 0 Å². The van der Waals surface area contributed by atoms with Gasteiger partial charge in [0.05, 0.1) is 34.4 Å². The molecule has 0 amide bonds. The van der Waals surface area contributed by atoms with Crippen LogP contribution in [0.25, 0.3) is 0 Å². The third-order valence-electron chi connectivity index (χ3n) is 6.42. The van der Waals surface area contributed by atoms with E-state index in [1.165, 1.54) is 89.9 Å². The van der Waals surface area contributed by atoms with Crippen molar-refractivity contribution < 1.29 is 37.6 Å². The lowest BCUT2D eigenvalue weighted by atomic mass is 10.0. The first-order valence-corrected chi connectivity index (χ1v) is 16.3. The fraction of sp³-hybridized carbons (Fsp3) is 0.964. The van der Waals surface area contributed by atoms with Gasteiger partial charge in [-0.05, 0) is 6.42 Å². The van der Waals surface area contributed by atoms with Crippen LogP contribution < -0.4 is 4.89 Å². The SMILES string of the molecule is CCCCCCCCCCCCCCCCCCCC(=O)OC(CO)COP(=O)([O-])OCC[N+](C)(C)C. The molecule has 0 aliphatic heterocycles. The minimum atomic E-state index is -4.51. The minimum Gasteiger partial charge on any atom is -0.756 e. The maximum atomic E-state index is 12.0. The summed E-state index contributed by atoms with van der Waals surface area (Å²) in [4.78, 5) is 23.8. The molecule has 8 nitrogen and oxygen atoms in total. The van der Waals surface area contributed by atoms with E-state index in [9.17, 15) is 19.4 Å². The average Bonchev–Trinajstić information content (AvgIpc) is 2.82. The van der Waals surface area contributed by atoms with Gasteiger partial charge in [-0.25, -0.2) is 0 Å². The van der Waals surface area contributed by atoms with Gasteiger partial charge in [-0.1, -0.05) is 110 Å². The molecule has 0 aromatic carbocycles. The van der Waals surface area contributed by atoms with Crippen LogP contribution in [0.1, 0.15) is 122 Å². The van der Waals surface area contributed by atoms with E-state index < -0.39 is 33.1 Å². The van der Waals surface area contributed by atoms with Crippen molar-refractivity contribution >= 4 is 13.8 Å². The van der Waals surface area contributed by atoms with Gasteiger partial charge in [-0.2, -0.15) is 0 Å². The molecule has 1 N–H and O–H groups in total. The monoisotopic (exact) mass is 551 g/mol. The molecule has 0 fully saturated rings. The summed E-state index contributed by atoms with van der Waals surface area (Å²) in [6, 6.07) is 0. The highest BCUT2D eigenvalue weighted by atomic mass is 31.2. The van der Waals surface area contributed by atoms with Gasteiger partial charge in [-0.3, -0.25) is 9.36 Å². The zero-order chi connectivity index (χ0) is 27.8. The summed E-state index contributed by atoms with van der Waals surface area (Å²) < 4.78 is 27.1. The molecule has 0 saturated carbocycles. The predicted molar refractivity (Wildman–Crippen MR) is 148 cm³/mol. The Morgan fingerprint density at radius 1 is 0.784 bits per heavy atom. The standard InChI is InChI=1S/C28H58NO7P/c1-5-6-7-8-9-10-11-12-13-14-15-16-17-18-19-20-21-22-28(31)36-27(25-30)26-35-37(32,33)34-24-23-29(2,3)4/h27,30H,5-26H2,1-4H3. The minimum absolute atomic E-state index is 0.00678. The number of phosphoric ester groups is 1. The summed E-state index contributed by atoms with van der Waals surface area (Å²) >= 11 is 0. The van der Waals surface area contributed by atoms with Crippen molar-refractivity contribution in [3.8, 4) is 0 Å². The number of ether oxygens (including phenoxy) is 1. The van der Waals surface area contributed by atoms with Gasteiger partial charge in [0.15, 0.2) is 0 Å². The Morgan fingerprint density at radius 3 is 1.62 bits per heavy atom. The van der Waals surface area contributed by atoms with E-state index in [-0.39, 0.29) is 13.0 Å². The van der Waals surface area contributed by atoms with Gasteiger partial charge in [0.2, 0.25) is 0 Å². The number of hydrogen-bond donors (Lipinski definition) is 1. The zero-order valence-corrected chi connectivity index (χ0v) is 25.3. The number of quaternary nitrogens is 1. The van der Waals surface area contributed by atoms with E-state index in [0.717, 1.165) is 19.3 Å². The van der Waals surface area contributed by atoms with Gasteiger partial charge in [0.25, 0.3) is 7.82 Å². The van der Waals surface area contributed by atoms with Crippen molar-refractivity contribution in [1.82, 2.24) is 0 Å². The number of rotatable bonds is 27. The summed E-state index contributed by atoms with van der Waals surface area (Å²) in [6.07, 6.45) is 20.9. The number of aliphatic hydroxyl groups excluding tert-OH is 1. The van der Waals surface area contributed by atoms with Crippen molar-refractivity contribution in [3.63, 3.8) is 0 Å². The first-order valence-electron chi connectivity index (χ1n) is 14.8. The highest BCUT2D eigenvalue weighted by Crippen LogP contribution is 2.38. The average molecular weight is 552 g/mol. The molecule has 2 atom stereocenters. The molecule has 37 heavy (non-hydrogen) atoms. The molecule has 0 aromatic rings. The highest BCUT2D eigenvalue weighted by Gasteiger charge is 2.19. The maximum absolute atomic E-state index is 12.0. The lowest BCUT2D eigenvalue weighted by molar-refractivity contribution is -0.870. The summed E-state index contributed by atoms with van der Waals surface area (Å²) in [7, 11) is 1.25. The summed E-state index contributed by atoms with van der Waals surface area (Å²) in [5, 5.41) is 9.38. The molecule has 0 rings (SSSR count). The molecule has 0 heterocycles. The highest BCUT2D eigenvalue weighted by molar-refractivity contribution is 7.45.